The lowest BCUT2D eigenvalue weighted by molar-refractivity contribution is -0.114. The lowest BCUT2D eigenvalue weighted by Crippen LogP contribution is -2.46. The molecule has 0 radical (unpaired) electrons. The third kappa shape index (κ3) is 3.75. The number of aliphatic imine (C=N–C) groups is 1. The first-order valence-electron chi connectivity index (χ1n) is 9.13. The van der Waals surface area contributed by atoms with E-state index in [0.29, 0.717) is 11.5 Å². The third-order valence-electron chi connectivity index (χ3n) is 4.30. The van der Waals surface area contributed by atoms with Crippen LogP contribution in [0.2, 0.25) is 0 Å². The zero-order valence-corrected chi connectivity index (χ0v) is 17.8. The van der Waals surface area contributed by atoms with Crippen molar-refractivity contribution in [1.82, 2.24) is 4.90 Å². The van der Waals surface area contributed by atoms with Gasteiger partial charge in [-0.05, 0) is 24.1 Å². The van der Waals surface area contributed by atoms with Crippen molar-refractivity contribution in [2.24, 2.45) is 15.3 Å². The smallest absolute Gasteiger partial charge is 0.283 e. The maximum Gasteiger partial charge on any atom is 0.283 e. The van der Waals surface area contributed by atoms with E-state index in [0.717, 1.165) is 22.4 Å². The molecule has 8 nitrogen and oxygen atoms in total. The van der Waals surface area contributed by atoms with Crippen LogP contribution < -0.4 is 0 Å². The fourth-order valence-corrected chi connectivity index (χ4v) is 5.77. The zero-order chi connectivity index (χ0) is 21.5. The van der Waals surface area contributed by atoms with Gasteiger partial charge in [0.1, 0.15) is 17.4 Å². The Hall–Kier alpha value is -2.98. The van der Waals surface area contributed by atoms with Crippen LogP contribution in [0.5, 0.6) is 0 Å². The van der Waals surface area contributed by atoms with Crippen LogP contribution in [0.1, 0.15) is 19.6 Å². The fourth-order valence-electron chi connectivity index (χ4n) is 3.04. The minimum Gasteiger partial charge on any atom is -0.457 e. The zero-order valence-electron chi connectivity index (χ0n) is 16.2. The lowest BCUT2D eigenvalue weighted by atomic mass is 10.1. The van der Waals surface area contributed by atoms with Gasteiger partial charge < -0.3 is 4.42 Å². The van der Waals surface area contributed by atoms with Crippen LogP contribution in [0.15, 0.2) is 61.8 Å². The fraction of sp³-hybridized carbons (Fsp3) is 0.200. The Labute approximate surface area is 178 Å². The van der Waals surface area contributed by atoms with E-state index >= 15 is 0 Å². The Balaban J connectivity index is 1.67. The Bertz CT molecular complexity index is 1220. The quantitative estimate of drug-likeness (QED) is 0.571. The van der Waals surface area contributed by atoms with Crippen molar-refractivity contribution in [2.75, 3.05) is 5.75 Å². The van der Waals surface area contributed by atoms with Gasteiger partial charge in [-0.15, -0.1) is 0 Å². The highest BCUT2D eigenvalue weighted by atomic mass is 32.2. The summed E-state index contributed by atoms with van der Waals surface area (Å²) in [5.41, 5.74) is 0.806. The topological polar surface area (TPSA) is 116 Å². The van der Waals surface area contributed by atoms with Crippen molar-refractivity contribution in [1.29, 1.82) is 5.41 Å². The van der Waals surface area contributed by atoms with Crippen LogP contribution in [0.4, 0.5) is 0 Å². The van der Waals surface area contributed by atoms with E-state index in [-0.39, 0.29) is 33.4 Å². The highest BCUT2D eigenvalue weighted by Crippen LogP contribution is 2.31. The summed E-state index contributed by atoms with van der Waals surface area (Å²) in [6, 6.07) is 12.9. The molecule has 0 atom stereocenters. The average molecular weight is 443 g/mol. The summed E-state index contributed by atoms with van der Waals surface area (Å²) >= 11 is 0.778. The van der Waals surface area contributed by atoms with Crippen molar-refractivity contribution >= 4 is 49.9 Å². The molecule has 1 aromatic heterocycles. The summed E-state index contributed by atoms with van der Waals surface area (Å²) in [6.45, 7) is 3.57. The molecule has 30 heavy (non-hydrogen) atoms. The average Bonchev–Trinajstić information content (AvgIpc) is 3.32. The molecule has 0 saturated heterocycles. The number of amides is 1. The predicted octanol–water partition coefficient (Wildman–Crippen LogP) is 3.59. The normalized spacial score (nSPS) is 18.1. The van der Waals surface area contributed by atoms with Crippen LogP contribution in [0, 0.1) is 11.3 Å². The predicted molar refractivity (Wildman–Crippen MR) is 118 cm³/mol. The number of rotatable bonds is 4. The Morgan fingerprint density at radius 1 is 1.20 bits per heavy atom. The Morgan fingerprint density at radius 2 is 1.93 bits per heavy atom. The van der Waals surface area contributed by atoms with E-state index in [1.165, 1.54) is 6.08 Å². The first kappa shape index (κ1) is 20.3. The molecule has 1 aromatic carbocycles. The third-order valence-corrected chi connectivity index (χ3v) is 7.05. The van der Waals surface area contributed by atoms with E-state index in [1.54, 1.807) is 26.0 Å². The van der Waals surface area contributed by atoms with Crippen molar-refractivity contribution in [3.8, 4) is 11.3 Å². The molecule has 2 aliphatic heterocycles. The van der Waals surface area contributed by atoms with Gasteiger partial charge in [0.05, 0.1) is 23.3 Å². The van der Waals surface area contributed by atoms with Crippen LogP contribution in [-0.2, 0) is 14.6 Å². The van der Waals surface area contributed by atoms with Gasteiger partial charge in [0.15, 0.2) is 0 Å². The highest BCUT2D eigenvalue weighted by molar-refractivity contribution is 8.16. The maximum atomic E-state index is 12.7. The summed E-state index contributed by atoms with van der Waals surface area (Å²) in [5.74, 6) is -0.197. The molecule has 4 rings (SSSR count). The number of nitrogens with one attached hydrogen (secondary N) is 1. The molecule has 0 fully saturated rings. The first-order valence-corrected chi connectivity index (χ1v) is 11.6. The summed E-state index contributed by atoms with van der Waals surface area (Å²) in [5, 5.41) is 8.27. The highest BCUT2D eigenvalue weighted by Gasteiger charge is 2.42. The second kappa shape index (κ2) is 7.69. The van der Waals surface area contributed by atoms with E-state index in [2.05, 4.69) is 9.39 Å². The number of carbonyl (C=O) groups is 1. The van der Waals surface area contributed by atoms with Crippen LogP contribution >= 0.6 is 11.9 Å². The molecule has 0 aliphatic carbocycles. The van der Waals surface area contributed by atoms with Crippen molar-refractivity contribution in [3.05, 3.63) is 53.8 Å². The number of amidine groups is 3. The van der Waals surface area contributed by atoms with Crippen molar-refractivity contribution < 1.29 is 17.6 Å². The molecule has 0 saturated carbocycles. The van der Waals surface area contributed by atoms with Crippen LogP contribution in [0.25, 0.3) is 17.4 Å². The van der Waals surface area contributed by atoms with Gasteiger partial charge in [-0.1, -0.05) is 44.2 Å². The van der Waals surface area contributed by atoms with E-state index in [4.69, 9.17) is 9.83 Å². The number of hydrogen-bond donors (Lipinski definition) is 1. The number of nitrogens with zero attached hydrogens (tertiary/aromatic N) is 3. The maximum absolute atomic E-state index is 12.7. The summed E-state index contributed by atoms with van der Waals surface area (Å²) in [6.07, 6.45) is 1.40. The largest absolute Gasteiger partial charge is 0.457 e. The number of sulfone groups is 1. The summed E-state index contributed by atoms with van der Waals surface area (Å²) < 4.78 is 35.1. The van der Waals surface area contributed by atoms with Crippen LogP contribution in [-0.4, -0.2) is 41.1 Å². The van der Waals surface area contributed by atoms with Gasteiger partial charge in [-0.25, -0.2) is 13.3 Å². The molecular weight excluding hydrogens is 424 g/mol. The lowest BCUT2D eigenvalue weighted by Gasteiger charge is -2.24. The molecule has 0 spiro atoms. The molecule has 2 aromatic rings. The SMILES string of the molecule is CC(C)CS(=O)(=O)C1=NSC2=NC(=O)/C(=C\c3ccc(-c4ccccc4)o3)C(=N)N21. The number of fused-ring (bicyclic) bond motifs is 1. The molecule has 0 bridgehead atoms. The number of benzene rings is 1. The number of carbonyl (C=O) groups excluding carboxylic acids is 1. The van der Waals surface area contributed by atoms with Gasteiger partial charge in [-0.2, -0.15) is 9.39 Å². The molecule has 154 valence electrons. The molecule has 0 unspecified atom stereocenters. The van der Waals surface area contributed by atoms with E-state index < -0.39 is 15.7 Å². The molecule has 10 heteroatoms. The summed E-state index contributed by atoms with van der Waals surface area (Å²) in [4.78, 5) is 17.5. The van der Waals surface area contributed by atoms with Gasteiger partial charge in [0.2, 0.25) is 20.2 Å². The first-order chi connectivity index (χ1) is 14.3. The van der Waals surface area contributed by atoms with Gasteiger partial charge >= 0.3 is 0 Å². The monoisotopic (exact) mass is 442 g/mol. The summed E-state index contributed by atoms with van der Waals surface area (Å²) in [7, 11) is -3.74. The van der Waals surface area contributed by atoms with Gasteiger partial charge in [-0.3, -0.25) is 10.2 Å². The molecule has 2 aliphatic rings. The van der Waals surface area contributed by atoms with Crippen LogP contribution in [0.3, 0.4) is 0 Å². The van der Waals surface area contributed by atoms with E-state index in [1.807, 2.05) is 30.3 Å². The molecular formula is C20H18N4O4S2. The Morgan fingerprint density at radius 3 is 2.63 bits per heavy atom. The van der Waals surface area contributed by atoms with Crippen molar-refractivity contribution in [2.45, 2.75) is 13.8 Å². The molecule has 3 heterocycles. The molecule has 1 amide bonds. The van der Waals surface area contributed by atoms with E-state index in [9.17, 15) is 13.2 Å². The Kier molecular flexibility index (Phi) is 5.20. The number of furan rings is 1. The minimum atomic E-state index is -3.74. The second-order valence-electron chi connectivity index (χ2n) is 7.15. The minimum absolute atomic E-state index is 0.0638. The second-order valence-corrected chi connectivity index (χ2v) is 9.81. The number of hydrogen-bond acceptors (Lipinski definition) is 7. The van der Waals surface area contributed by atoms with Gasteiger partial charge in [0, 0.05) is 5.56 Å². The molecule has 1 N–H and O–H groups in total. The van der Waals surface area contributed by atoms with Crippen molar-refractivity contribution in [3.63, 3.8) is 0 Å². The standard InChI is InChI=1S/C20H18N4O4S2/c1-12(2)11-30(26,27)20-23-29-19-22-18(25)15(17(21)24(19)20)10-14-8-9-16(28-14)13-6-4-3-5-7-13/h3-10,12,21H,11H2,1-2H3/b15-10-,21-17?. The van der Waals surface area contributed by atoms with Gasteiger partial charge in [0.25, 0.3) is 5.91 Å².